The molecule has 0 aliphatic carbocycles. The summed E-state index contributed by atoms with van der Waals surface area (Å²) in [4.78, 5) is 8.58. The van der Waals surface area contributed by atoms with E-state index in [0.717, 1.165) is 5.82 Å². The van der Waals surface area contributed by atoms with Gasteiger partial charge in [0.05, 0.1) is 5.56 Å². The second-order valence-electron chi connectivity index (χ2n) is 4.17. The molecular weight excluding hydrogens is 230 g/mol. The summed E-state index contributed by atoms with van der Waals surface area (Å²) in [5.41, 5.74) is 6.22. The molecule has 0 saturated carbocycles. The predicted octanol–water partition coefficient (Wildman–Crippen LogP) is 1.49. The smallest absolute Gasteiger partial charge is 0.173 e. The summed E-state index contributed by atoms with van der Waals surface area (Å²) in [5, 5.41) is 11.8. The minimum Gasteiger partial charge on any atom is -0.409 e. The van der Waals surface area contributed by atoms with E-state index in [1.807, 2.05) is 24.6 Å². The molecular formula is C12H15N5O. The van der Waals surface area contributed by atoms with Crippen molar-refractivity contribution in [2.24, 2.45) is 10.9 Å². The van der Waals surface area contributed by atoms with E-state index in [2.05, 4.69) is 15.1 Å². The van der Waals surface area contributed by atoms with E-state index in [4.69, 9.17) is 10.9 Å². The first kappa shape index (κ1) is 12.1. The highest BCUT2D eigenvalue weighted by molar-refractivity contribution is 5.99. The van der Waals surface area contributed by atoms with Gasteiger partial charge in [-0.3, -0.25) is 4.57 Å². The number of nitrogens with two attached hydrogens (primary N) is 1. The summed E-state index contributed by atoms with van der Waals surface area (Å²) in [6.07, 6.45) is 5.18. The van der Waals surface area contributed by atoms with Gasteiger partial charge in [-0.1, -0.05) is 19.0 Å². The fourth-order valence-corrected chi connectivity index (χ4v) is 1.76. The van der Waals surface area contributed by atoms with Crippen LogP contribution < -0.4 is 5.73 Å². The Balaban J connectivity index is 2.61. The first-order chi connectivity index (χ1) is 8.65. The number of amidine groups is 1. The lowest BCUT2D eigenvalue weighted by atomic mass is 10.2. The number of nitrogens with zero attached hydrogens (tertiary/aromatic N) is 4. The first-order valence-corrected chi connectivity index (χ1v) is 5.61. The molecule has 0 unspecified atom stereocenters. The molecule has 2 aromatic rings. The molecule has 0 aromatic carbocycles. The van der Waals surface area contributed by atoms with E-state index in [1.54, 1.807) is 24.5 Å². The molecule has 0 aliphatic heterocycles. The molecule has 0 aliphatic rings. The van der Waals surface area contributed by atoms with Crippen molar-refractivity contribution in [3.05, 3.63) is 42.1 Å². The largest absolute Gasteiger partial charge is 0.409 e. The van der Waals surface area contributed by atoms with Crippen molar-refractivity contribution in [2.75, 3.05) is 0 Å². The zero-order chi connectivity index (χ0) is 13.1. The minimum atomic E-state index is 0.0292. The minimum absolute atomic E-state index is 0.0292. The van der Waals surface area contributed by atoms with Crippen molar-refractivity contribution in [3.63, 3.8) is 0 Å². The highest BCUT2D eigenvalue weighted by atomic mass is 16.4. The van der Waals surface area contributed by atoms with Crippen LogP contribution in [0.25, 0.3) is 5.82 Å². The standard InChI is InChI=1S/C12H15N5O/c1-8(2)11-15-6-7-17(11)12-9(10(13)16-18)4-3-5-14-12/h3-8,18H,1-2H3,(H2,13,16). The SMILES string of the molecule is CC(C)c1nccn1-c1ncccc1C(N)=NO. The summed E-state index contributed by atoms with van der Waals surface area (Å²) in [6, 6.07) is 3.49. The van der Waals surface area contributed by atoms with Crippen molar-refractivity contribution in [1.29, 1.82) is 0 Å². The molecule has 6 nitrogen and oxygen atoms in total. The van der Waals surface area contributed by atoms with Crippen molar-refractivity contribution in [2.45, 2.75) is 19.8 Å². The molecule has 2 aromatic heterocycles. The van der Waals surface area contributed by atoms with Crippen LogP contribution in [0.4, 0.5) is 0 Å². The van der Waals surface area contributed by atoms with E-state index in [9.17, 15) is 0 Å². The Bertz CT molecular complexity index is 573. The lowest BCUT2D eigenvalue weighted by Crippen LogP contribution is -2.18. The molecule has 0 atom stereocenters. The Morgan fingerprint density at radius 1 is 1.39 bits per heavy atom. The molecule has 2 heterocycles. The van der Waals surface area contributed by atoms with Crippen LogP contribution in [0.2, 0.25) is 0 Å². The van der Waals surface area contributed by atoms with Gasteiger partial charge in [-0.2, -0.15) is 0 Å². The molecule has 0 spiro atoms. The summed E-state index contributed by atoms with van der Waals surface area (Å²) >= 11 is 0. The Labute approximate surface area is 105 Å². The average Bonchev–Trinajstić information content (AvgIpc) is 2.87. The van der Waals surface area contributed by atoms with Gasteiger partial charge >= 0.3 is 0 Å². The Hall–Kier alpha value is -2.37. The first-order valence-electron chi connectivity index (χ1n) is 5.61. The Morgan fingerprint density at radius 3 is 2.83 bits per heavy atom. The number of imidazole rings is 1. The van der Waals surface area contributed by atoms with Crippen LogP contribution in [-0.4, -0.2) is 25.6 Å². The Kier molecular flexibility index (Phi) is 3.27. The highest BCUT2D eigenvalue weighted by Gasteiger charge is 2.14. The molecule has 0 bridgehead atoms. The fourth-order valence-electron chi connectivity index (χ4n) is 1.76. The molecule has 0 fully saturated rings. The van der Waals surface area contributed by atoms with E-state index >= 15 is 0 Å². The number of rotatable bonds is 3. The maximum Gasteiger partial charge on any atom is 0.173 e. The van der Waals surface area contributed by atoms with E-state index < -0.39 is 0 Å². The van der Waals surface area contributed by atoms with Gasteiger partial charge in [-0.15, -0.1) is 0 Å². The van der Waals surface area contributed by atoms with E-state index in [-0.39, 0.29) is 11.8 Å². The molecule has 0 radical (unpaired) electrons. The molecule has 0 saturated heterocycles. The van der Waals surface area contributed by atoms with Gasteiger partial charge in [0.2, 0.25) is 0 Å². The van der Waals surface area contributed by atoms with Crippen LogP contribution in [0.3, 0.4) is 0 Å². The molecule has 18 heavy (non-hydrogen) atoms. The Morgan fingerprint density at radius 2 is 2.17 bits per heavy atom. The topological polar surface area (TPSA) is 89.3 Å². The van der Waals surface area contributed by atoms with Crippen LogP contribution in [0, 0.1) is 0 Å². The number of pyridine rings is 1. The lowest BCUT2D eigenvalue weighted by Gasteiger charge is -2.12. The van der Waals surface area contributed by atoms with Gasteiger partial charge < -0.3 is 10.9 Å². The lowest BCUT2D eigenvalue weighted by molar-refractivity contribution is 0.318. The van der Waals surface area contributed by atoms with E-state index in [0.29, 0.717) is 11.4 Å². The third-order valence-corrected chi connectivity index (χ3v) is 2.58. The molecule has 3 N–H and O–H groups in total. The summed E-state index contributed by atoms with van der Waals surface area (Å²) in [6.45, 7) is 4.09. The molecule has 2 rings (SSSR count). The number of hydrogen-bond acceptors (Lipinski definition) is 4. The van der Waals surface area contributed by atoms with Gasteiger partial charge in [-0.05, 0) is 12.1 Å². The van der Waals surface area contributed by atoms with Crippen LogP contribution in [0.15, 0.2) is 35.9 Å². The molecule has 94 valence electrons. The summed E-state index contributed by atoms with van der Waals surface area (Å²) in [5.74, 6) is 1.76. The van der Waals surface area contributed by atoms with Crippen molar-refractivity contribution >= 4 is 5.84 Å². The summed E-state index contributed by atoms with van der Waals surface area (Å²) in [7, 11) is 0. The van der Waals surface area contributed by atoms with Gasteiger partial charge in [0.15, 0.2) is 5.84 Å². The second-order valence-corrected chi connectivity index (χ2v) is 4.17. The monoisotopic (exact) mass is 245 g/mol. The number of oxime groups is 1. The zero-order valence-corrected chi connectivity index (χ0v) is 10.3. The molecule has 0 amide bonds. The highest BCUT2D eigenvalue weighted by Crippen LogP contribution is 2.18. The van der Waals surface area contributed by atoms with Crippen LogP contribution >= 0.6 is 0 Å². The fraction of sp³-hybridized carbons (Fsp3) is 0.250. The van der Waals surface area contributed by atoms with Gasteiger partial charge in [0, 0.05) is 24.5 Å². The third kappa shape index (κ3) is 2.04. The number of aromatic nitrogens is 3. The van der Waals surface area contributed by atoms with Crippen molar-refractivity contribution in [3.8, 4) is 5.82 Å². The van der Waals surface area contributed by atoms with E-state index in [1.165, 1.54) is 0 Å². The number of hydrogen-bond donors (Lipinski definition) is 2. The van der Waals surface area contributed by atoms with Gasteiger partial charge in [0.25, 0.3) is 0 Å². The maximum atomic E-state index is 8.80. The quantitative estimate of drug-likeness (QED) is 0.371. The van der Waals surface area contributed by atoms with Gasteiger partial charge in [0.1, 0.15) is 11.6 Å². The second kappa shape index (κ2) is 4.87. The van der Waals surface area contributed by atoms with Crippen LogP contribution in [-0.2, 0) is 0 Å². The zero-order valence-electron chi connectivity index (χ0n) is 10.3. The molecule has 6 heteroatoms. The van der Waals surface area contributed by atoms with Crippen molar-refractivity contribution in [1.82, 2.24) is 14.5 Å². The van der Waals surface area contributed by atoms with Crippen molar-refractivity contribution < 1.29 is 5.21 Å². The average molecular weight is 245 g/mol. The van der Waals surface area contributed by atoms with Crippen LogP contribution in [0.5, 0.6) is 0 Å². The predicted molar refractivity (Wildman–Crippen MR) is 68.0 cm³/mol. The normalized spacial score (nSPS) is 12.1. The van der Waals surface area contributed by atoms with Crippen LogP contribution in [0.1, 0.15) is 31.2 Å². The van der Waals surface area contributed by atoms with Gasteiger partial charge in [-0.25, -0.2) is 9.97 Å². The maximum absolute atomic E-state index is 8.80. The summed E-state index contributed by atoms with van der Waals surface area (Å²) < 4.78 is 1.85. The third-order valence-electron chi connectivity index (χ3n) is 2.58.